The summed E-state index contributed by atoms with van der Waals surface area (Å²) in [6.07, 6.45) is 3.25. The van der Waals surface area contributed by atoms with Crippen LogP contribution in [0.4, 0.5) is 0 Å². The predicted octanol–water partition coefficient (Wildman–Crippen LogP) is 0.980. The number of hydrogen-bond donors (Lipinski definition) is 1. The highest BCUT2D eigenvalue weighted by Crippen LogP contribution is 2.07. The standard InChI is InChI=1S/C8H9N5/c1-5(9)13-4-11-7-3-10-6(2)12-8(7)13/h3-4,9H,1-2H3. The summed E-state index contributed by atoms with van der Waals surface area (Å²) < 4.78 is 1.63. The van der Waals surface area contributed by atoms with Crippen LogP contribution in [0.25, 0.3) is 11.2 Å². The number of rotatable bonds is 0. The number of aromatic nitrogens is 4. The molecule has 0 amide bonds. The summed E-state index contributed by atoms with van der Waals surface area (Å²) in [5, 5.41) is 7.47. The summed E-state index contributed by atoms with van der Waals surface area (Å²) >= 11 is 0. The maximum atomic E-state index is 7.47. The van der Waals surface area contributed by atoms with E-state index in [2.05, 4.69) is 15.0 Å². The molecular weight excluding hydrogens is 166 g/mol. The van der Waals surface area contributed by atoms with E-state index in [0.717, 1.165) is 5.52 Å². The van der Waals surface area contributed by atoms with Crippen molar-refractivity contribution in [3.63, 3.8) is 0 Å². The van der Waals surface area contributed by atoms with Crippen LogP contribution in [0.5, 0.6) is 0 Å². The van der Waals surface area contributed by atoms with Crippen molar-refractivity contribution in [3.05, 3.63) is 18.3 Å². The second-order valence-electron chi connectivity index (χ2n) is 2.83. The third kappa shape index (κ3) is 1.18. The zero-order valence-corrected chi connectivity index (χ0v) is 7.44. The highest BCUT2D eigenvalue weighted by Gasteiger charge is 2.05. The summed E-state index contributed by atoms with van der Waals surface area (Å²) in [7, 11) is 0. The van der Waals surface area contributed by atoms with Crippen molar-refractivity contribution in [2.45, 2.75) is 13.8 Å². The Hall–Kier alpha value is -1.78. The highest BCUT2D eigenvalue weighted by atomic mass is 15.1. The Balaban J connectivity index is 2.79. The van der Waals surface area contributed by atoms with Gasteiger partial charge in [-0.2, -0.15) is 0 Å². The minimum absolute atomic E-state index is 0.403. The molecule has 2 rings (SSSR count). The van der Waals surface area contributed by atoms with Gasteiger partial charge in [0.15, 0.2) is 5.65 Å². The summed E-state index contributed by atoms with van der Waals surface area (Å²) in [5.41, 5.74) is 1.41. The fourth-order valence-corrected chi connectivity index (χ4v) is 1.14. The van der Waals surface area contributed by atoms with Gasteiger partial charge in [-0.3, -0.25) is 9.98 Å². The van der Waals surface area contributed by atoms with Crippen LogP contribution in [0.1, 0.15) is 12.7 Å². The molecule has 1 N–H and O–H groups in total. The first-order chi connectivity index (χ1) is 6.18. The molecule has 0 aromatic carbocycles. The van der Waals surface area contributed by atoms with Crippen LogP contribution in [0.3, 0.4) is 0 Å². The van der Waals surface area contributed by atoms with Crippen LogP contribution in [0.2, 0.25) is 0 Å². The molecule has 0 spiro atoms. The smallest absolute Gasteiger partial charge is 0.169 e. The highest BCUT2D eigenvalue weighted by molar-refractivity contribution is 5.87. The monoisotopic (exact) mass is 175 g/mol. The number of aryl methyl sites for hydroxylation is 1. The quantitative estimate of drug-likeness (QED) is 0.479. The minimum atomic E-state index is 0.403. The van der Waals surface area contributed by atoms with Gasteiger partial charge in [0.05, 0.1) is 6.20 Å². The van der Waals surface area contributed by atoms with Crippen molar-refractivity contribution < 1.29 is 0 Å². The fourth-order valence-electron chi connectivity index (χ4n) is 1.14. The maximum Gasteiger partial charge on any atom is 0.169 e. The molecule has 5 heteroatoms. The number of nitrogens with zero attached hydrogens (tertiary/aromatic N) is 4. The molecule has 0 radical (unpaired) electrons. The second-order valence-corrected chi connectivity index (χ2v) is 2.83. The van der Waals surface area contributed by atoms with Crippen molar-refractivity contribution in [1.29, 1.82) is 5.41 Å². The zero-order chi connectivity index (χ0) is 9.42. The molecule has 2 aromatic rings. The molecule has 0 saturated carbocycles. The summed E-state index contributed by atoms with van der Waals surface area (Å²) in [4.78, 5) is 12.3. The Kier molecular flexibility index (Phi) is 1.58. The first-order valence-electron chi connectivity index (χ1n) is 3.90. The van der Waals surface area contributed by atoms with Crippen molar-refractivity contribution in [1.82, 2.24) is 19.5 Å². The first kappa shape index (κ1) is 7.85. The van der Waals surface area contributed by atoms with Crippen molar-refractivity contribution in [3.8, 4) is 0 Å². The van der Waals surface area contributed by atoms with E-state index in [0.29, 0.717) is 17.3 Å². The SMILES string of the molecule is CC(=N)n1cnc2cnc(C)nc21. The lowest BCUT2D eigenvalue weighted by molar-refractivity contribution is 1.04. The topological polar surface area (TPSA) is 67.5 Å². The van der Waals surface area contributed by atoms with E-state index in [-0.39, 0.29) is 0 Å². The van der Waals surface area contributed by atoms with E-state index in [4.69, 9.17) is 5.41 Å². The normalized spacial score (nSPS) is 10.6. The Morgan fingerprint density at radius 2 is 2.23 bits per heavy atom. The fraction of sp³-hybridized carbons (Fsp3) is 0.250. The van der Waals surface area contributed by atoms with Gasteiger partial charge in [-0.05, 0) is 13.8 Å². The number of fused-ring (bicyclic) bond motifs is 1. The first-order valence-corrected chi connectivity index (χ1v) is 3.90. The molecule has 2 aromatic heterocycles. The van der Waals surface area contributed by atoms with Gasteiger partial charge >= 0.3 is 0 Å². The average molecular weight is 175 g/mol. The van der Waals surface area contributed by atoms with Crippen molar-refractivity contribution >= 4 is 17.0 Å². The molecule has 0 fully saturated rings. The van der Waals surface area contributed by atoms with Crippen LogP contribution < -0.4 is 0 Å². The van der Waals surface area contributed by atoms with Gasteiger partial charge in [-0.1, -0.05) is 0 Å². The van der Waals surface area contributed by atoms with E-state index < -0.39 is 0 Å². The molecule has 5 nitrogen and oxygen atoms in total. The molecule has 0 saturated heterocycles. The van der Waals surface area contributed by atoms with Gasteiger partial charge in [0, 0.05) is 0 Å². The third-order valence-electron chi connectivity index (χ3n) is 1.77. The lowest BCUT2D eigenvalue weighted by Crippen LogP contribution is -2.05. The molecule has 13 heavy (non-hydrogen) atoms. The molecule has 0 bridgehead atoms. The largest absolute Gasteiger partial charge is 0.288 e. The summed E-state index contributed by atoms with van der Waals surface area (Å²) in [5.74, 6) is 1.09. The zero-order valence-electron chi connectivity index (χ0n) is 7.44. The Bertz CT molecular complexity index is 470. The van der Waals surface area contributed by atoms with E-state index in [1.54, 1.807) is 24.0 Å². The van der Waals surface area contributed by atoms with Gasteiger partial charge in [0.25, 0.3) is 0 Å². The maximum absolute atomic E-state index is 7.47. The molecular formula is C8H9N5. The van der Waals surface area contributed by atoms with E-state index in [1.165, 1.54) is 0 Å². The molecule has 0 aliphatic heterocycles. The van der Waals surface area contributed by atoms with Gasteiger partial charge in [-0.15, -0.1) is 0 Å². The van der Waals surface area contributed by atoms with Crippen LogP contribution >= 0.6 is 0 Å². The van der Waals surface area contributed by atoms with E-state index in [9.17, 15) is 0 Å². The lowest BCUT2D eigenvalue weighted by atomic mass is 10.5. The van der Waals surface area contributed by atoms with Gasteiger partial charge < -0.3 is 0 Å². The van der Waals surface area contributed by atoms with Crippen LogP contribution in [0, 0.1) is 12.3 Å². The summed E-state index contributed by atoms with van der Waals surface area (Å²) in [6, 6.07) is 0. The Morgan fingerprint density at radius 1 is 1.46 bits per heavy atom. The van der Waals surface area contributed by atoms with Gasteiger partial charge in [0.2, 0.25) is 0 Å². The summed E-state index contributed by atoms with van der Waals surface area (Å²) in [6.45, 7) is 3.51. The lowest BCUT2D eigenvalue weighted by Gasteiger charge is -1.98. The predicted molar refractivity (Wildman–Crippen MR) is 48.9 cm³/mol. The Morgan fingerprint density at radius 3 is 2.92 bits per heavy atom. The van der Waals surface area contributed by atoms with Crippen LogP contribution in [0.15, 0.2) is 12.5 Å². The van der Waals surface area contributed by atoms with E-state index in [1.807, 2.05) is 6.92 Å². The van der Waals surface area contributed by atoms with Crippen LogP contribution in [-0.2, 0) is 0 Å². The van der Waals surface area contributed by atoms with E-state index >= 15 is 0 Å². The number of hydrogen-bond acceptors (Lipinski definition) is 4. The minimum Gasteiger partial charge on any atom is -0.288 e. The molecule has 0 aliphatic carbocycles. The number of imidazole rings is 1. The average Bonchev–Trinajstić information content (AvgIpc) is 2.46. The van der Waals surface area contributed by atoms with Gasteiger partial charge in [-0.25, -0.2) is 15.0 Å². The molecule has 0 atom stereocenters. The van der Waals surface area contributed by atoms with Crippen molar-refractivity contribution in [2.24, 2.45) is 0 Å². The second kappa shape index (κ2) is 2.62. The Labute approximate surface area is 75.0 Å². The number of nitrogens with one attached hydrogen (secondary N) is 1. The third-order valence-corrected chi connectivity index (χ3v) is 1.77. The molecule has 2 heterocycles. The van der Waals surface area contributed by atoms with Gasteiger partial charge in [0.1, 0.15) is 23.5 Å². The molecule has 0 aliphatic rings. The molecule has 66 valence electrons. The van der Waals surface area contributed by atoms with Crippen molar-refractivity contribution in [2.75, 3.05) is 0 Å². The van der Waals surface area contributed by atoms with Crippen LogP contribution in [-0.4, -0.2) is 25.4 Å². The molecule has 0 unspecified atom stereocenters.